The predicted molar refractivity (Wildman–Crippen MR) is 112 cm³/mol. The number of alkyl halides is 1. The molecule has 0 amide bonds. The fourth-order valence-corrected chi connectivity index (χ4v) is 9.97. The van der Waals surface area contributed by atoms with E-state index >= 15 is 0 Å². The van der Waals surface area contributed by atoms with Crippen molar-refractivity contribution in [2.24, 2.45) is 5.92 Å². The molecule has 0 spiro atoms. The van der Waals surface area contributed by atoms with E-state index in [9.17, 15) is 23.2 Å². The van der Waals surface area contributed by atoms with Gasteiger partial charge in [-0.25, -0.2) is 9.18 Å². The van der Waals surface area contributed by atoms with Crippen LogP contribution in [0.15, 0.2) is 9.59 Å². The molecular weight excluding hydrogens is 414 g/mol. The lowest BCUT2D eigenvalue weighted by Gasteiger charge is -2.44. The highest BCUT2D eigenvalue weighted by Crippen LogP contribution is 2.46. The first-order valence-corrected chi connectivity index (χ1v) is 12.5. The van der Waals surface area contributed by atoms with Gasteiger partial charge in [-0.3, -0.25) is 19.1 Å². The van der Waals surface area contributed by atoms with Gasteiger partial charge < -0.3 is 9.16 Å². The Balaban J connectivity index is 2.53. The van der Waals surface area contributed by atoms with Crippen molar-refractivity contribution >= 4 is 14.3 Å². The molecule has 1 heterocycles. The Morgan fingerprint density at radius 1 is 1.17 bits per heavy atom. The van der Waals surface area contributed by atoms with Crippen LogP contribution in [-0.2, 0) is 9.53 Å². The number of rotatable bonds is 8. The van der Waals surface area contributed by atoms with Gasteiger partial charge in [0.2, 0.25) is 11.7 Å². The first-order valence-electron chi connectivity index (χ1n) is 10.3. The lowest BCUT2D eigenvalue weighted by Crippen LogP contribution is -2.54. The van der Waals surface area contributed by atoms with E-state index in [-0.39, 0.29) is 29.7 Å². The molecule has 1 aromatic rings. The molecule has 30 heavy (non-hydrogen) atoms. The van der Waals surface area contributed by atoms with Crippen molar-refractivity contribution in [3.05, 3.63) is 26.7 Å². The third kappa shape index (κ3) is 4.24. The molecule has 0 aromatic carbocycles. The number of halogens is 2. The predicted octanol–water partition coefficient (Wildman–Crippen LogP) is 3.69. The number of carbonyl (C=O) groups is 1. The normalized spacial score (nSPS) is 21.8. The van der Waals surface area contributed by atoms with Gasteiger partial charge >= 0.3 is 11.7 Å². The third-order valence-corrected chi connectivity index (χ3v) is 12.2. The number of H-pyrrole nitrogens is 1. The zero-order valence-corrected chi connectivity index (χ0v) is 19.6. The summed E-state index contributed by atoms with van der Waals surface area (Å²) in [5.41, 5.74) is -1.93. The Labute approximate surface area is 175 Å². The lowest BCUT2D eigenvalue weighted by molar-refractivity contribution is -0.145. The lowest BCUT2D eigenvalue weighted by atomic mass is 9.78. The molecule has 3 atom stereocenters. The minimum absolute atomic E-state index is 0.0546. The number of nitrogens with zero attached hydrogens (tertiary/aromatic N) is 1. The molecule has 3 unspecified atom stereocenters. The van der Waals surface area contributed by atoms with Gasteiger partial charge in [0.05, 0.1) is 12.6 Å². The van der Waals surface area contributed by atoms with Crippen LogP contribution in [0.25, 0.3) is 0 Å². The summed E-state index contributed by atoms with van der Waals surface area (Å²) in [7, 11) is -2.72. The average molecular weight is 447 g/mol. The van der Waals surface area contributed by atoms with Crippen LogP contribution in [0.3, 0.4) is 0 Å². The first-order chi connectivity index (χ1) is 13.8. The van der Waals surface area contributed by atoms with E-state index in [1.807, 2.05) is 46.5 Å². The quantitative estimate of drug-likeness (QED) is 0.486. The number of esters is 1. The number of carbonyl (C=O) groups excluding carboxylic acids is 1. The molecule has 0 aliphatic heterocycles. The maximum atomic E-state index is 15.0. The smallest absolute Gasteiger partial charge is 0.331 e. The van der Waals surface area contributed by atoms with Crippen LogP contribution in [0.1, 0.15) is 60.9 Å². The van der Waals surface area contributed by atoms with Crippen LogP contribution >= 0.6 is 0 Å². The molecule has 0 saturated heterocycles. The zero-order chi connectivity index (χ0) is 23.0. The van der Waals surface area contributed by atoms with E-state index in [0.717, 1.165) is 4.57 Å². The topological polar surface area (TPSA) is 90.4 Å². The highest BCUT2D eigenvalue weighted by Gasteiger charge is 2.50. The zero-order valence-electron chi connectivity index (χ0n) is 18.6. The Morgan fingerprint density at radius 3 is 2.13 bits per heavy atom. The van der Waals surface area contributed by atoms with Crippen molar-refractivity contribution < 1.29 is 22.7 Å². The number of ether oxygens (including phenoxy) is 1. The van der Waals surface area contributed by atoms with E-state index in [1.54, 1.807) is 0 Å². The fraction of sp³-hybridized carbons (Fsp3) is 0.750. The van der Waals surface area contributed by atoms with Crippen molar-refractivity contribution in [3.8, 4) is 5.88 Å². The molecule has 1 fully saturated rings. The standard InChI is InChI=1S/C20H32F2N2O5Si/c1-10(2)30(11(3)4,12(5)6)29-19-17(22)18(26)23-20(27)24(19)15-8-14(16(15)21)9-28-13(7)25/h10-12,14-16H,8-9H2,1-7H3,(H,23,26,27). The molecule has 0 radical (unpaired) electrons. The van der Waals surface area contributed by atoms with Crippen LogP contribution < -0.4 is 15.7 Å². The van der Waals surface area contributed by atoms with Gasteiger partial charge in [0, 0.05) is 12.8 Å². The average Bonchev–Trinajstić information content (AvgIpc) is 2.62. The van der Waals surface area contributed by atoms with Crippen molar-refractivity contribution in [2.75, 3.05) is 6.61 Å². The SMILES string of the molecule is CC(=O)OCC1CC(n2c(O[Si](C(C)C)(C(C)C)C(C)C)c(F)c(=O)[nH]c2=O)C1F. The minimum Gasteiger partial charge on any atom is -0.529 e. The van der Waals surface area contributed by atoms with E-state index in [1.165, 1.54) is 6.92 Å². The van der Waals surface area contributed by atoms with Gasteiger partial charge in [0.1, 0.15) is 6.17 Å². The highest BCUT2D eigenvalue weighted by atomic mass is 28.4. The summed E-state index contributed by atoms with van der Waals surface area (Å²) < 4.78 is 41.9. The van der Waals surface area contributed by atoms with Gasteiger partial charge in [0.25, 0.3) is 13.9 Å². The van der Waals surface area contributed by atoms with Crippen LogP contribution in [0.4, 0.5) is 8.78 Å². The molecule has 7 nitrogen and oxygen atoms in total. The Morgan fingerprint density at radius 2 is 1.70 bits per heavy atom. The van der Waals surface area contributed by atoms with Gasteiger partial charge in [-0.2, -0.15) is 4.39 Å². The summed E-state index contributed by atoms with van der Waals surface area (Å²) in [5, 5.41) is 0. The second-order valence-electron chi connectivity index (χ2n) is 8.98. The monoisotopic (exact) mass is 446 g/mol. The second-order valence-corrected chi connectivity index (χ2v) is 14.4. The number of hydrogen-bond donors (Lipinski definition) is 1. The summed E-state index contributed by atoms with van der Waals surface area (Å²) in [4.78, 5) is 37.5. The maximum absolute atomic E-state index is 15.0. The molecule has 1 N–H and O–H groups in total. The summed E-state index contributed by atoms with van der Waals surface area (Å²) in [6, 6.07) is -1.00. The molecule has 170 valence electrons. The summed E-state index contributed by atoms with van der Waals surface area (Å²) in [6.07, 6.45) is -1.38. The van der Waals surface area contributed by atoms with Crippen LogP contribution in [0.2, 0.25) is 16.6 Å². The largest absolute Gasteiger partial charge is 0.529 e. The molecule has 10 heteroatoms. The number of aromatic amines is 1. The van der Waals surface area contributed by atoms with E-state index < -0.39 is 55.4 Å². The highest BCUT2D eigenvalue weighted by molar-refractivity contribution is 6.78. The van der Waals surface area contributed by atoms with Crippen molar-refractivity contribution in [1.29, 1.82) is 0 Å². The van der Waals surface area contributed by atoms with Gasteiger partial charge in [-0.05, 0) is 23.0 Å². The Hall–Kier alpha value is -1.97. The minimum atomic E-state index is -2.72. The summed E-state index contributed by atoms with van der Waals surface area (Å²) >= 11 is 0. The van der Waals surface area contributed by atoms with E-state index in [4.69, 9.17) is 9.16 Å². The Bertz CT molecular complexity index is 874. The summed E-state index contributed by atoms with van der Waals surface area (Å²) in [6.45, 7) is 13.0. The second kappa shape index (κ2) is 9.03. The van der Waals surface area contributed by atoms with Gasteiger partial charge in [-0.1, -0.05) is 41.5 Å². The number of aromatic nitrogens is 2. The molecule has 1 saturated carbocycles. The van der Waals surface area contributed by atoms with Gasteiger partial charge in [0.15, 0.2) is 0 Å². The Kier molecular flexibility index (Phi) is 7.31. The molecular formula is C20H32F2N2O5Si. The van der Waals surface area contributed by atoms with Crippen molar-refractivity contribution in [2.45, 2.75) is 83.7 Å². The van der Waals surface area contributed by atoms with Crippen LogP contribution in [0.5, 0.6) is 5.88 Å². The summed E-state index contributed by atoms with van der Waals surface area (Å²) in [5.74, 6) is -2.83. The van der Waals surface area contributed by atoms with Crippen molar-refractivity contribution in [3.63, 3.8) is 0 Å². The van der Waals surface area contributed by atoms with Crippen molar-refractivity contribution in [1.82, 2.24) is 9.55 Å². The van der Waals surface area contributed by atoms with Gasteiger partial charge in [-0.15, -0.1) is 0 Å². The van der Waals surface area contributed by atoms with E-state index in [0.29, 0.717) is 0 Å². The molecule has 1 aromatic heterocycles. The fourth-order valence-electron chi connectivity index (χ4n) is 4.74. The van der Waals surface area contributed by atoms with Crippen LogP contribution in [-0.4, -0.2) is 36.6 Å². The number of hydrogen-bond acceptors (Lipinski definition) is 5. The molecule has 1 aliphatic rings. The molecule has 2 rings (SSSR count). The maximum Gasteiger partial charge on any atom is 0.331 e. The third-order valence-electron chi connectivity index (χ3n) is 6.22. The van der Waals surface area contributed by atoms with Crippen LogP contribution in [0, 0.1) is 11.7 Å². The number of nitrogens with one attached hydrogen (secondary N) is 1. The molecule has 1 aliphatic carbocycles. The van der Waals surface area contributed by atoms with E-state index in [2.05, 4.69) is 0 Å². The molecule has 0 bridgehead atoms. The first kappa shape index (κ1) is 24.3.